The normalized spacial score (nSPS) is 15.0. The summed E-state index contributed by atoms with van der Waals surface area (Å²) in [6, 6.07) is -3.32. The molecule has 0 saturated heterocycles. The molecule has 1 aromatic rings. The number of H-pyrrole nitrogens is 1. The van der Waals surface area contributed by atoms with E-state index in [9.17, 15) is 24.3 Å². The van der Waals surface area contributed by atoms with Crippen LogP contribution in [-0.2, 0) is 25.6 Å². The second-order valence-electron chi connectivity index (χ2n) is 7.41. The minimum absolute atomic E-state index is 0.0238. The lowest BCUT2D eigenvalue weighted by atomic mass is 10.0. The van der Waals surface area contributed by atoms with Crippen LogP contribution >= 0.6 is 0 Å². The van der Waals surface area contributed by atoms with Crippen molar-refractivity contribution in [2.24, 2.45) is 11.7 Å². The number of hydrogen-bond donors (Lipinski definition) is 7. The van der Waals surface area contributed by atoms with Crippen LogP contribution in [0.4, 0.5) is 0 Å². The number of carbonyl (C=O) groups excluding carboxylic acids is 3. The zero-order valence-electron chi connectivity index (χ0n) is 17.2. The molecular formula is C18H30N6O6. The number of nitrogens with one attached hydrogen (secondary N) is 4. The Bertz CT molecular complexity index is 721. The molecular weight excluding hydrogens is 396 g/mol. The highest BCUT2D eigenvalue weighted by molar-refractivity contribution is 5.93. The summed E-state index contributed by atoms with van der Waals surface area (Å²) in [6.45, 7) is 4.45. The fourth-order valence-electron chi connectivity index (χ4n) is 2.57. The molecule has 0 spiro atoms. The lowest BCUT2D eigenvalue weighted by Crippen LogP contribution is -2.58. The monoisotopic (exact) mass is 426 g/mol. The van der Waals surface area contributed by atoms with E-state index in [-0.39, 0.29) is 18.8 Å². The molecule has 0 radical (unpaired) electrons. The number of aliphatic hydroxyl groups excluding tert-OH is 1. The summed E-state index contributed by atoms with van der Waals surface area (Å²) >= 11 is 0. The maximum atomic E-state index is 12.8. The Kier molecular flexibility index (Phi) is 9.92. The zero-order valence-corrected chi connectivity index (χ0v) is 17.2. The van der Waals surface area contributed by atoms with Gasteiger partial charge in [-0.1, -0.05) is 13.8 Å². The highest BCUT2D eigenvalue weighted by Crippen LogP contribution is 2.07. The van der Waals surface area contributed by atoms with Crippen molar-refractivity contribution in [3.63, 3.8) is 0 Å². The Morgan fingerprint density at radius 2 is 1.73 bits per heavy atom. The molecule has 1 rings (SSSR count). The number of aliphatic hydroxyl groups is 1. The molecule has 168 valence electrons. The number of nitrogens with zero attached hydrogens (tertiary/aromatic N) is 1. The van der Waals surface area contributed by atoms with Crippen molar-refractivity contribution in [2.45, 2.75) is 57.8 Å². The SMILES string of the molecule is CC(C)CC(NC(=O)C(N)C(C)O)C(=O)NC(Cc1cnc[nH]1)C(=O)NCC(=O)O. The number of aliphatic carboxylic acids is 1. The van der Waals surface area contributed by atoms with Crippen molar-refractivity contribution in [2.75, 3.05) is 6.54 Å². The van der Waals surface area contributed by atoms with Gasteiger partial charge < -0.3 is 36.9 Å². The number of carboxylic acids is 1. The standard InChI is InChI=1S/C18H30N6O6/c1-9(2)4-12(24-18(30)15(19)10(3)25)17(29)23-13(5-11-6-20-8-22-11)16(28)21-7-14(26)27/h6,8-10,12-13,15,25H,4-5,7,19H2,1-3H3,(H,20,22)(H,21,28)(H,23,29)(H,24,30)(H,26,27). The van der Waals surface area contributed by atoms with Crippen LogP contribution in [0.1, 0.15) is 32.9 Å². The first-order chi connectivity index (χ1) is 14.0. The van der Waals surface area contributed by atoms with Crippen molar-refractivity contribution >= 4 is 23.7 Å². The van der Waals surface area contributed by atoms with Gasteiger partial charge in [0.2, 0.25) is 17.7 Å². The highest BCUT2D eigenvalue weighted by atomic mass is 16.4. The molecule has 4 atom stereocenters. The smallest absolute Gasteiger partial charge is 0.322 e. The maximum Gasteiger partial charge on any atom is 0.322 e. The summed E-state index contributed by atoms with van der Waals surface area (Å²) in [5.41, 5.74) is 6.17. The van der Waals surface area contributed by atoms with Gasteiger partial charge >= 0.3 is 5.97 Å². The van der Waals surface area contributed by atoms with E-state index in [1.165, 1.54) is 19.4 Å². The van der Waals surface area contributed by atoms with E-state index < -0.39 is 54.5 Å². The first-order valence-corrected chi connectivity index (χ1v) is 9.52. The Morgan fingerprint density at radius 1 is 1.10 bits per heavy atom. The van der Waals surface area contributed by atoms with E-state index in [0.29, 0.717) is 5.69 Å². The van der Waals surface area contributed by atoms with Gasteiger partial charge in [0.05, 0.1) is 12.4 Å². The minimum atomic E-state index is -1.23. The Labute approximate surface area is 174 Å². The van der Waals surface area contributed by atoms with Gasteiger partial charge in [-0.25, -0.2) is 4.98 Å². The topological polar surface area (TPSA) is 200 Å². The Hall–Kier alpha value is -2.99. The summed E-state index contributed by atoms with van der Waals surface area (Å²) in [6.07, 6.45) is 2.06. The van der Waals surface area contributed by atoms with Gasteiger partial charge in [0.1, 0.15) is 24.7 Å². The van der Waals surface area contributed by atoms with Gasteiger partial charge in [-0.15, -0.1) is 0 Å². The van der Waals surface area contributed by atoms with Gasteiger partial charge in [0.25, 0.3) is 0 Å². The molecule has 8 N–H and O–H groups in total. The van der Waals surface area contributed by atoms with Crippen molar-refractivity contribution in [3.05, 3.63) is 18.2 Å². The molecule has 0 aliphatic rings. The second kappa shape index (κ2) is 11.9. The molecule has 0 bridgehead atoms. The highest BCUT2D eigenvalue weighted by Gasteiger charge is 2.30. The number of carboxylic acid groups (broad SMARTS) is 1. The molecule has 30 heavy (non-hydrogen) atoms. The van der Waals surface area contributed by atoms with Crippen LogP contribution in [-0.4, -0.2) is 74.6 Å². The Balaban J connectivity index is 2.94. The lowest BCUT2D eigenvalue weighted by Gasteiger charge is -2.25. The van der Waals surface area contributed by atoms with Crippen LogP contribution in [0.25, 0.3) is 0 Å². The summed E-state index contributed by atoms with van der Waals surface area (Å²) < 4.78 is 0. The number of aromatic amines is 1. The number of rotatable bonds is 12. The minimum Gasteiger partial charge on any atom is -0.480 e. The van der Waals surface area contributed by atoms with E-state index in [0.717, 1.165) is 0 Å². The summed E-state index contributed by atoms with van der Waals surface area (Å²) in [5, 5.41) is 25.5. The van der Waals surface area contributed by atoms with Gasteiger partial charge in [-0.3, -0.25) is 19.2 Å². The van der Waals surface area contributed by atoms with Crippen LogP contribution in [0, 0.1) is 5.92 Å². The molecule has 3 amide bonds. The zero-order chi connectivity index (χ0) is 22.8. The molecule has 0 aliphatic carbocycles. The first kappa shape index (κ1) is 25.0. The van der Waals surface area contributed by atoms with Crippen LogP contribution in [0.15, 0.2) is 12.5 Å². The number of nitrogens with two attached hydrogens (primary N) is 1. The number of amides is 3. The average Bonchev–Trinajstić information content (AvgIpc) is 3.16. The summed E-state index contributed by atoms with van der Waals surface area (Å²) in [4.78, 5) is 54.8. The number of carbonyl (C=O) groups is 4. The second-order valence-corrected chi connectivity index (χ2v) is 7.41. The molecule has 1 aromatic heterocycles. The largest absolute Gasteiger partial charge is 0.480 e. The van der Waals surface area contributed by atoms with Crippen molar-refractivity contribution in [1.82, 2.24) is 25.9 Å². The number of imidazole rings is 1. The third-order valence-electron chi connectivity index (χ3n) is 4.19. The van der Waals surface area contributed by atoms with E-state index in [1.807, 2.05) is 13.8 Å². The van der Waals surface area contributed by atoms with Crippen LogP contribution in [0.5, 0.6) is 0 Å². The molecule has 12 nitrogen and oxygen atoms in total. The molecule has 4 unspecified atom stereocenters. The predicted molar refractivity (Wildman–Crippen MR) is 106 cm³/mol. The van der Waals surface area contributed by atoms with Gasteiger partial charge in [0.15, 0.2) is 0 Å². The third-order valence-corrected chi connectivity index (χ3v) is 4.19. The maximum absolute atomic E-state index is 12.8. The fourth-order valence-corrected chi connectivity index (χ4v) is 2.57. The van der Waals surface area contributed by atoms with E-state index in [2.05, 4.69) is 25.9 Å². The summed E-state index contributed by atoms with van der Waals surface area (Å²) in [7, 11) is 0. The van der Waals surface area contributed by atoms with Crippen molar-refractivity contribution in [3.8, 4) is 0 Å². The fraction of sp³-hybridized carbons (Fsp3) is 0.611. The van der Waals surface area contributed by atoms with E-state index in [4.69, 9.17) is 10.8 Å². The number of aromatic nitrogens is 2. The van der Waals surface area contributed by atoms with Crippen LogP contribution in [0.2, 0.25) is 0 Å². The predicted octanol–water partition coefficient (Wildman–Crippen LogP) is -2.12. The van der Waals surface area contributed by atoms with Crippen LogP contribution < -0.4 is 21.7 Å². The third kappa shape index (κ3) is 8.57. The Morgan fingerprint density at radius 3 is 2.23 bits per heavy atom. The quantitative estimate of drug-likeness (QED) is 0.196. The first-order valence-electron chi connectivity index (χ1n) is 9.52. The van der Waals surface area contributed by atoms with Crippen LogP contribution in [0.3, 0.4) is 0 Å². The summed E-state index contributed by atoms with van der Waals surface area (Å²) in [5.74, 6) is -3.24. The van der Waals surface area contributed by atoms with Gasteiger partial charge in [-0.05, 0) is 19.3 Å². The van der Waals surface area contributed by atoms with Crippen molar-refractivity contribution < 1.29 is 29.4 Å². The molecule has 12 heteroatoms. The lowest BCUT2D eigenvalue weighted by molar-refractivity contribution is -0.138. The molecule has 0 fully saturated rings. The molecule has 0 saturated carbocycles. The van der Waals surface area contributed by atoms with Gasteiger partial charge in [0, 0.05) is 18.3 Å². The molecule has 0 aromatic carbocycles. The van der Waals surface area contributed by atoms with E-state index >= 15 is 0 Å². The van der Waals surface area contributed by atoms with Gasteiger partial charge in [-0.2, -0.15) is 0 Å². The molecule has 1 heterocycles. The van der Waals surface area contributed by atoms with E-state index in [1.54, 1.807) is 0 Å². The molecule has 0 aliphatic heterocycles. The van der Waals surface area contributed by atoms with Crippen molar-refractivity contribution in [1.29, 1.82) is 0 Å². The average molecular weight is 426 g/mol. The number of hydrogen-bond acceptors (Lipinski definition) is 7.